The van der Waals surface area contributed by atoms with Crippen LogP contribution < -0.4 is 0 Å². The van der Waals surface area contributed by atoms with Gasteiger partial charge < -0.3 is 5.11 Å². The zero-order valence-corrected chi connectivity index (χ0v) is 11.2. The van der Waals surface area contributed by atoms with Crippen molar-refractivity contribution in [1.29, 1.82) is 0 Å². The third kappa shape index (κ3) is 2.85. The molecule has 2 heteroatoms. The molecule has 0 aliphatic rings. The minimum Gasteiger partial charge on any atom is -0.508 e. The monoisotopic (exact) mass is 266 g/mol. The molecule has 0 aliphatic carbocycles. The summed E-state index contributed by atoms with van der Waals surface area (Å²) in [5.74, 6) is 0.316. The highest BCUT2D eigenvalue weighted by Gasteiger charge is 2.00. The van der Waals surface area contributed by atoms with Crippen LogP contribution in [-0.2, 0) is 6.42 Å². The lowest BCUT2D eigenvalue weighted by Crippen LogP contribution is -1.87. The van der Waals surface area contributed by atoms with Gasteiger partial charge in [0.05, 0.1) is 0 Å². The van der Waals surface area contributed by atoms with Crippen molar-refractivity contribution in [2.75, 3.05) is 0 Å². The van der Waals surface area contributed by atoms with E-state index in [2.05, 4.69) is 41.1 Å². The summed E-state index contributed by atoms with van der Waals surface area (Å²) in [7, 11) is 0. The SMILES string of the molecule is Oc1ccc(Cc2ccc(-c3ccsc3)cc2)cc1. The Hall–Kier alpha value is -2.06. The summed E-state index contributed by atoms with van der Waals surface area (Å²) in [4.78, 5) is 0. The zero-order chi connectivity index (χ0) is 13.1. The first kappa shape index (κ1) is 12.0. The van der Waals surface area contributed by atoms with Gasteiger partial charge >= 0.3 is 0 Å². The Bertz CT molecular complexity index is 637. The van der Waals surface area contributed by atoms with Crippen LogP contribution in [0.2, 0.25) is 0 Å². The molecule has 3 aromatic rings. The minimum absolute atomic E-state index is 0.316. The predicted molar refractivity (Wildman–Crippen MR) is 80.7 cm³/mol. The molecule has 0 fully saturated rings. The average molecular weight is 266 g/mol. The summed E-state index contributed by atoms with van der Waals surface area (Å²) in [5, 5.41) is 13.5. The van der Waals surface area contributed by atoms with Crippen LogP contribution in [0.4, 0.5) is 0 Å². The first-order valence-electron chi connectivity index (χ1n) is 6.21. The van der Waals surface area contributed by atoms with Crippen molar-refractivity contribution >= 4 is 11.3 Å². The summed E-state index contributed by atoms with van der Waals surface area (Å²) >= 11 is 1.72. The van der Waals surface area contributed by atoms with E-state index in [9.17, 15) is 5.11 Å². The quantitative estimate of drug-likeness (QED) is 0.727. The van der Waals surface area contributed by atoms with E-state index >= 15 is 0 Å². The van der Waals surface area contributed by atoms with Gasteiger partial charge in [0.15, 0.2) is 0 Å². The molecule has 2 aromatic carbocycles. The predicted octanol–water partition coefficient (Wildman–Crippen LogP) is 4.71. The van der Waals surface area contributed by atoms with E-state index in [1.807, 2.05) is 12.1 Å². The highest BCUT2D eigenvalue weighted by atomic mass is 32.1. The highest BCUT2D eigenvalue weighted by molar-refractivity contribution is 7.08. The van der Waals surface area contributed by atoms with Gasteiger partial charge in [-0.05, 0) is 57.6 Å². The standard InChI is InChI=1S/C17H14OS/c18-17-7-3-14(4-8-17)11-13-1-5-15(6-2-13)16-9-10-19-12-16/h1-10,12,18H,11H2. The van der Waals surface area contributed by atoms with Crippen molar-refractivity contribution in [3.8, 4) is 16.9 Å². The Morgan fingerprint density at radius 2 is 1.37 bits per heavy atom. The van der Waals surface area contributed by atoms with E-state index in [4.69, 9.17) is 0 Å². The molecular formula is C17H14OS. The van der Waals surface area contributed by atoms with Gasteiger partial charge in [-0.1, -0.05) is 36.4 Å². The average Bonchev–Trinajstić information content (AvgIpc) is 2.96. The van der Waals surface area contributed by atoms with Crippen molar-refractivity contribution in [2.45, 2.75) is 6.42 Å². The maximum atomic E-state index is 9.27. The summed E-state index contributed by atoms with van der Waals surface area (Å²) < 4.78 is 0. The van der Waals surface area contributed by atoms with Crippen molar-refractivity contribution in [1.82, 2.24) is 0 Å². The van der Waals surface area contributed by atoms with Crippen LogP contribution in [0.5, 0.6) is 5.75 Å². The van der Waals surface area contributed by atoms with Crippen molar-refractivity contribution < 1.29 is 5.11 Å². The van der Waals surface area contributed by atoms with Gasteiger partial charge in [0, 0.05) is 0 Å². The smallest absolute Gasteiger partial charge is 0.115 e. The van der Waals surface area contributed by atoms with Crippen molar-refractivity contribution in [2.24, 2.45) is 0 Å². The molecule has 3 rings (SSSR count). The number of benzene rings is 2. The Kier molecular flexibility index (Phi) is 3.34. The molecule has 1 aromatic heterocycles. The van der Waals surface area contributed by atoms with Crippen LogP contribution in [-0.4, -0.2) is 5.11 Å². The van der Waals surface area contributed by atoms with E-state index in [-0.39, 0.29) is 0 Å². The number of rotatable bonds is 3. The lowest BCUT2D eigenvalue weighted by Gasteiger charge is -2.04. The molecule has 1 nitrogen and oxygen atoms in total. The maximum Gasteiger partial charge on any atom is 0.115 e. The van der Waals surface area contributed by atoms with Crippen LogP contribution in [0, 0.1) is 0 Å². The number of hydrogen-bond donors (Lipinski definition) is 1. The second-order valence-electron chi connectivity index (χ2n) is 4.55. The topological polar surface area (TPSA) is 20.2 Å². The molecule has 0 unspecified atom stereocenters. The second-order valence-corrected chi connectivity index (χ2v) is 5.33. The first-order chi connectivity index (χ1) is 9.31. The number of phenolic OH excluding ortho intramolecular Hbond substituents is 1. The number of hydrogen-bond acceptors (Lipinski definition) is 2. The van der Waals surface area contributed by atoms with Gasteiger partial charge in [0.2, 0.25) is 0 Å². The number of thiophene rings is 1. The number of phenols is 1. The van der Waals surface area contributed by atoms with E-state index in [0.717, 1.165) is 6.42 Å². The Morgan fingerprint density at radius 1 is 0.737 bits per heavy atom. The Balaban J connectivity index is 1.77. The molecule has 0 amide bonds. The van der Waals surface area contributed by atoms with Gasteiger partial charge in [-0.2, -0.15) is 11.3 Å². The molecule has 0 radical (unpaired) electrons. The molecule has 0 atom stereocenters. The number of aromatic hydroxyl groups is 1. The van der Waals surface area contributed by atoms with Crippen molar-refractivity contribution in [3.05, 3.63) is 76.5 Å². The lowest BCUT2D eigenvalue weighted by atomic mass is 10.0. The summed E-state index contributed by atoms with van der Waals surface area (Å²) in [5.41, 5.74) is 5.03. The lowest BCUT2D eigenvalue weighted by molar-refractivity contribution is 0.475. The fourth-order valence-electron chi connectivity index (χ4n) is 2.09. The van der Waals surface area contributed by atoms with Gasteiger partial charge in [0.25, 0.3) is 0 Å². The van der Waals surface area contributed by atoms with Crippen LogP contribution in [0.25, 0.3) is 11.1 Å². The van der Waals surface area contributed by atoms with Gasteiger partial charge in [-0.15, -0.1) is 0 Å². The van der Waals surface area contributed by atoms with Gasteiger partial charge in [0.1, 0.15) is 5.75 Å². The van der Waals surface area contributed by atoms with Crippen LogP contribution >= 0.6 is 11.3 Å². The summed E-state index contributed by atoms with van der Waals surface area (Å²) in [6.07, 6.45) is 0.893. The highest BCUT2D eigenvalue weighted by Crippen LogP contribution is 2.23. The zero-order valence-electron chi connectivity index (χ0n) is 10.4. The van der Waals surface area contributed by atoms with E-state index in [1.165, 1.54) is 22.3 Å². The normalized spacial score (nSPS) is 10.5. The fourth-order valence-corrected chi connectivity index (χ4v) is 2.76. The third-order valence-electron chi connectivity index (χ3n) is 3.15. The molecule has 1 heterocycles. The first-order valence-corrected chi connectivity index (χ1v) is 7.15. The fraction of sp³-hybridized carbons (Fsp3) is 0.0588. The Morgan fingerprint density at radius 3 is 1.95 bits per heavy atom. The Labute approximate surface area is 116 Å². The second kappa shape index (κ2) is 5.29. The van der Waals surface area contributed by atoms with Crippen LogP contribution in [0.15, 0.2) is 65.4 Å². The summed E-state index contributed by atoms with van der Waals surface area (Å²) in [6.45, 7) is 0. The van der Waals surface area contributed by atoms with Crippen molar-refractivity contribution in [3.63, 3.8) is 0 Å². The molecule has 94 valence electrons. The molecule has 0 saturated carbocycles. The largest absolute Gasteiger partial charge is 0.508 e. The molecule has 19 heavy (non-hydrogen) atoms. The molecule has 0 aliphatic heterocycles. The maximum absolute atomic E-state index is 9.27. The molecule has 0 bridgehead atoms. The van der Waals surface area contributed by atoms with E-state index in [1.54, 1.807) is 23.5 Å². The summed E-state index contributed by atoms with van der Waals surface area (Å²) in [6, 6.07) is 18.2. The minimum atomic E-state index is 0.316. The molecule has 0 spiro atoms. The molecule has 1 N–H and O–H groups in total. The third-order valence-corrected chi connectivity index (χ3v) is 3.84. The van der Waals surface area contributed by atoms with Gasteiger partial charge in [-0.3, -0.25) is 0 Å². The van der Waals surface area contributed by atoms with Gasteiger partial charge in [-0.25, -0.2) is 0 Å². The molecule has 0 saturated heterocycles. The van der Waals surface area contributed by atoms with E-state index in [0.29, 0.717) is 5.75 Å². The van der Waals surface area contributed by atoms with Crippen LogP contribution in [0.3, 0.4) is 0 Å². The van der Waals surface area contributed by atoms with E-state index < -0.39 is 0 Å². The molecular weight excluding hydrogens is 252 g/mol. The van der Waals surface area contributed by atoms with Crippen LogP contribution in [0.1, 0.15) is 11.1 Å².